The maximum absolute atomic E-state index is 10.6. The lowest BCUT2D eigenvalue weighted by Crippen LogP contribution is -2.10. The highest BCUT2D eigenvalue weighted by atomic mass is 16.3. The van der Waals surface area contributed by atoms with Crippen LogP contribution in [0.2, 0.25) is 0 Å². The Kier molecular flexibility index (Phi) is 3.89. The summed E-state index contributed by atoms with van der Waals surface area (Å²) >= 11 is 0. The highest BCUT2D eigenvalue weighted by Gasteiger charge is 2.12. The van der Waals surface area contributed by atoms with E-state index in [1.54, 1.807) is 0 Å². The lowest BCUT2D eigenvalue weighted by molar-refractivity contribution is -0.105. The van der Waals surface area contributed by atoms with Gasteiger partial charge >= 0.3 is 0 Å². The first-order valence-corrected chi connectivity index (χ1v) is 4.86. The maximum Gasteiger partial charge on any atom is 0.148 e. The van der Waals surface area contributed by atoms with Crippen LogP contribution in [0.4, 0.5) is 0 Å². The number of hydrogen-bond donors (Lipinski definition) is 1. The number of nitrogens with zero attached hydrogens (tertiary/aromatic N) is 1. The molecular weight excluding hydrogens is 178 g/mol. The average Bonchev–Trinajstić information content (AvgIpc) is 2.54. The van der Waals surface area contributed by atoms with E-state index < -0.39 is 0 Å². The normalized spacial score (nSPS) is 21.4. The summed E-state index contributed by atoms with van der Waals surface area (Å²) in [5, 5.41) is 8.90. The summed E-state index contributed by atoms with van der Waals surface area (Å²) < 4.78 is 0. The molecule has 0 bridgehead atoms. The zero-order chi connectivity index (χ0) is 10.6. The van der Waals surface area contributed by atoms with E-state index in [-0.39, 0.29) is 6.61 Å². The van der Waals surface area contributed by atoms with Crippen molar-refractivity contribution in [1.29, 1.82) is 0 Å². The number of aliphatic hydroxyl groups excluding tert-OH is 1. The zero-order valence-corrected chi connectivity index (χ0v) is 8.79. The van der Waals surface area contributed by atoms with Crippen LogP contribution in [0.5, 0.6) is 0 Å². The molecule has 1 aliphatic rings. The van der Waals surface area contributed by atoms with E-state index >= 15 is 0 Å². The molecule has 0 aromatic rings. The van der Waals surface area contributed by atoms with Gasteiger partial charge in [-0.05, 0) is 31.4 Å². The Hall–Kier alpha value is -1.09. The van der Waals surface area contributed by atoms with Crippen molar-refractivity contribution in [3.8, 4) is 0 Å². The molecule has 1 heterocycles. The van der Waals surface area contributed by atoms with E-state index in [9.17, 15) is 4.79 Å². The van der Waals surface area contributed by atoms with Crippen LogP contribution in [0, 0.1) is 0 Å². The third-order valence-electron chi connectivity index (χ3n) is 2.62. The van der Waals surface area contributed by atoms with E-state index in [2.05, 4.69) is 4.90 Å². The number of aliphatic hydroxyl groups is 1. The summed E-state index contributed by atoms with van der Waals surface area (Å²) in [5.41, 5.74) is 2.58. The number of aldehydes is 1. The summed E-state index contributed by atoms with van der Waals surface area (Å²) in [6, 6.07) is 0. The van der Waals surface area contributed by atoms with Crippen molar-refractivity contribution in [2.45, 2.75) is 19.8 Å². The Morgan fingerprint density at radius 3 is 2.79 bits per heavy atom. The number of allylic oxidation sites excluding steroid dienone is 3. The van der Waals surface area contributed by atoms with E-state index in [4.69, 9.17) is 5.11 Å². The number of carbonyl (C=O) groups is 1. The summed E-state index contributed by atoms with van der Waals surface area (Å²) in [4.78, 5) is 12.8. The van der Waals surface area contributed by atoms with Crippen molar-refractivity contribution in [1.82, 2.24) is 4.90 Å². The van der Waals surface area contributed by atoms with Gasteiger partial charge in [0.15, 0.2) is 0 Å². The number of carbonyl (C=O) groups excluding carboxylic acids is 1. The Morgan fingerprint density at radius 2 is 2.36 bits per heavy atom. The second kappa shape index (κ2) is 4.96. The van der Waals surface area contributed by atoms with Gasteiger partial charge in [-0.2, -0.15) is 0 Å². The number of hydrogen-bond acceptors (Lipinski definition) is 3. The maximum atomic E-state index is 10.6. The minimum absolute atomic E-state index is 0.178. The molecule has 1 saturated heterocycles. The molecule has 14 heavy (non-hydrogen) atoms. The largest absolute Gasteiger partial charge is 0.392 e. The molecule has 0 saturated carbocycles. The highest BCUT2D eigenvalue weighted by Crippen LogP contribution is 2.20. The topological polar surface area (TPSA) is 40.5 Å². The first kappa shape index (κ1) is 11.0. The van der Waals surface area contributed by atoms with Crippen molar-refractivity contribution in [2.24, 2.45) is 0 Å². The summed E-state index contributed by atoms with van der Waals surface area (Å²) in [7, 11) is 2.05. The van der Waals surface area contributed by atoms with Gasteiger partial charge in [0.25, 0.3) is 0 Å². The van der Waals surface area contributed by atoms with Crippen LogP contribution in [0.3, 0.4) is 0 Å². The van der Waals surface area contributed by atoms with Gasteiger partial charge in [-0.15, -0.1) is 0 Å². The molecule has 0 spiro atoms. The molecule has 0 amide bonds. The Bertz CT molecular complexity index is 279. The molecule has 1 rings (SSSR count). The second-order valence-corrected chi connectivity index (χ2v) is 3.64. The van der Waals surface area contributed by atoms with Gasteiger partial charge < -0.3 is 10.0 Å². The molecule has 0 aromatic heterocycles. The fourth-order valence-corrected chi connectivity index (χ4v) is 1.61. The van der Waals surface area contributed by atoms with Gasteiger partial charge in [-0.1, -0.05) is 0 Å². The Balaban J connectivity index is 2.84. The van der Waals surface area contributed by atoms with Crippen molar-refractivity contribution in [3.63, 3.8) is 0 Å². The molecule has 3 nitrogen and oxygen atoms in total. The average molecular weight is 195 g/mol. The second-order valence-electron chi connectivity index (χ2n) is 3.64. The molecule has 0 atom stereocenters. The van der Waals surface area contributed by atoms with Crippen LogP contribution in [-0.2, 0) is 4.79 Å². The van der Waals surface area contributed by atoms with Crippen molar-refractivity contribution >= 4 is 6.29 Å². The van der Waals surface area contributed by atoms with E-state index in [0.29, 0.717) is 5.57 Å². The van der Waals surface area contributed by atoms with Gasteiger partial charge in [-0.25, -0.2) is 0 Å². The van der Waals surface area contributed by atoms with E-state index in [1.165, 1.54) is 12.1 Å². The van der Waals surface area contributed by atoms with Gasteiger partial charge in [0.2, 0.25) is 0 Å². The minimum Gasteiger partial charge on any atom is -0.392 e. The van der Waals surface area contributed by atoms with Crippen molar-refractivity contribution in [3.05, 3.63) is 22.9 Å². The van der Waals surface area contributed by atoms with Crippen LogP contribution in [-0.4, -0.2) is 36.5 Å². The lowest BCUT2D eigenvalue weighted by atomic mass is 10.1. The molecule has 1 aliphatic heterocycles. The Labute approximate surface area is 84.7 Å². The molecule has 0 radical (unpaired) electrons. The first-order valence-electron chi connectivity index (χ1n) is 4.86. The SMILES string of the molecule is CC(/C=C1/CCCN1C)=C(/C=O)CO. The summed E-state index contributed by atoms with van der Waals surface area (Å²) in [5.74, 6) is 0. The number of rotatable bonds is 3. The fourth-order valence-electron chi connectivity index (χ4n) is 1.61. The minimum atomic E-state index is -0.178. The summed E-state index contributed by atoms with van der Waals surface area (Å²) in [6.07, 6.45) is 4.95. The predicted molar refractivity (Wildman–Crippen MR) is 55.8 cm³/mol. The van der Waals surface area contributed by atoms with Crippen LogP contribution in [0.15, 0.2) is 22.9 Å². The third-order valence-corrected chi connectivity index (χ3v) is 2.62. The van der Waals surface area contributed by atoms with Crippen LogP contribution in [0.1, 0.15) is 19.8 Å². The van der Waals surface area contributed by atoms with E-state index in [1.807, 2.05) is 20.0 Å². The van der Waals surface area contributed by atoms with Gasteiger partial charge in [0.1, 0.15) is 6.29 Å². The molecule has 78 valence electrons. The smallest absolute Gasteiger partial charge is 0.148 e. The fraction of sp³-hybridized carbons (Fsp3) is 0.545. The molecule has 0 aliphatic carbocycles. The monoisotopic (exact) mass is 195 g/mol. The van der Waals surface area contributed by atoms with Gasteiger partial charge in [0, 0.05) is 24.9 Å². The molecule has 3 heteroatoms. The number of likely N-dealkylation sites (tertiary alicyclic amines) is 1. The predicted octanol–water partition coefficient (Wildman–Crippen LogP) is 1.10. The van der Waals surface area contributed by atoms with Crippen molar-refractivity contribution < 1.29 is 9.90 Å². The van der Waals surface area contributed by atoms with Crippen molar-refractivity contribution in [2.75, 3.05) is 20.2 Å². The molecule has 1 N–H and O–H groups in total. The van der Waals surface area contributed by atoms with Crippen LogP contribution < -0.4 is 0 Å². The molecule has 1 fully saturated rings. The van der Waals surface area contributed by atoms with Gasteiger partial charge in [0.05, 0.1) is 6.61 Å². The quantitative estimate of drug-likeness (QED) is 0.541. The van der Waals surface area contributed by atoms with Crippen LogP contribution in [0.25, 0.3) is 0 Å². The zero-order valence-electron chi connectivity index (χ0n) is 8.79. The third kappa shape index (κ3) is 2.45. The standard InChI is InChI=1S/C11H17NO2/c1-9(10(7-13)8-14)6-11-4-3-5-12(11)2/h6-7,14H,3-5,8H2,1-2H3/b10-9+,11-6-. The molecule has 0 unspecified atom stereocenters. The summed E-state index contributed by atoms with van der Waals surface area (Å²) in [6.45, 7) is 2.76. The first-order chi connectivity index (χ1) is 6.69. The lowest BCUT2D eigenvalue weighted by Gasteiger charge is -2.12. The highest BCUT2D eigenvalue weighted by molar-refractivity contribution is 5.75. The Morgan fingerprint density at radius 1 is 1.64 bits per heavy atom. The van der Waals surface area contributed by atoms with E-state index in [0.717, 1.165) is 24.8 Å². The molecular formula is C11H17NO2. The molecule has 0 aromatic carbocycles. The van der Waals surface area contributed by atoms with Gasteiger partial charge in [-0.3, -0.25) is 4.79 Å². The van der Waals surface area contributed by atoms with Crippen LogP contribution >= 0.6 is 0 Å².